The number of hydrogen-bond donors (Lipinski definition) is 1. The molecule has 0 bridgehead atoms. The summed E-state index contributed by atoms with van der Waals surface area (Å²) in [5.41, 5.74) is 6.87. The summed E-state index contributed by atoms with van der Waals surface area (Å²) in [6, 6.07) is 4.64. The van der Waals surface area contributed by atoms with Crippen LogP contribution in [-0.2, 0) is 6.42 Å². The highest BCUT2D eigenvalue weighted by molar-refractivity contribution is 5.76. The van der Waals surface area contributed by atoms with E-state index in [0.717, 1.165) is 12.0 Å². The van der Waals surface area contributed by atoms with Crippen LogP contribution in [0.15, 0.2) is 22.7 Å². The van der Waals surface area contributed by atoms with E-state index in [1.54, 1.807) is 12.1 Å². The fraction of sp³-hybridized carbons (Fsp3) is 0.308. The van der Waals surface area contributed by atoms with Crippen molar-refractivity contribution in [3.8, 4) is 17.1 Å². The molecule has 0 fully saturated rings. The van der Waals surface area contributed by atoms with E-state index in [0.29, 0.717) is 23.6 Å². The molecule has 2 N–H and O–H groups in total. The Bertz CT molecular complexity index is 637. The van der Waals surface area contributed by atoms with Crippen molar-refractivity contribution < 1.29 is 14.2 Å². The highest BCUT2D eigenvalue weighted by Gasteiger charge is 2.24. The van der Waals surface area contributed by atoms with Gasteiger partial charge in [-0.1, -0.05) is 24.6 Å². The minimum absolute atomic E-state index is 0.123. The Labute approximate surface area is 115 Å². The molecule has 0 spiro atoms. The summed E-state index contributed by atoms with van der Waals surface area (Å²) in [5.74, 6) is 0.867. The number of aromatic nitrogens is 1. The van der Waals surface area contributed by atoms with E-state index in [1.807, 2.05) is 6.92 Å². The fourth-order valence-corrected chi connectivity index (χ4v) is 2.09. The largest absolute Gasteiger partial charge is 0.490 e. The van der Waals surface area contributed by atoms with Gasteiger partial charge in [-0.25, -0.2) is 0 Å². The molecule has 0 radical (unpaired) electrons. The van der Waals surface area contributed by atoms with E-state index in [-0.39, 0.29) is 11.4 Å². The lowest BCUT2D eigenvalue weighted by atomic mass is 10.0. The van der Waals surface area contributed by atoms with Crippen molar-refractivity contribution in [2.75, 3.05) is 12.8 Å². The molecule has 0 atom stereocenters. The first-order valence-corrected chi connectivity index (χ1v) is 6.15. The first-order chi connectivity index (χ1) is 9.60. The maximum Gasteiger partial charge on any atom is 0.311 e. The van der Waals surface area contributed by atoms with E-state index in [2.05, 4.69) is 5.16 Å². The Morgan fingerprint density at radius 2 is 2.25 bits per heavy atom. The molecule has 7 nitrogen and oxygen atoms in total. The van der Waals surface area contributed by atoms with Crippen LogP contribution in [0.25, 0.3) is 11.3 Å². The third-order valence-corrected chi connectivity index (χ3v) is 2.96. The molecule has 1 aromatic heterocycles. The molecule has 1 heterocycles. The van der Waals surface area contributed by atoms with Gasteiger partial charge in [0.2, 0.25) is 5.75 Å². The van der Waals surface area contributed by atoms with Gasteiger partial charge in [0.05, 0.1) is 17.6 Å². The summed E-state index contributed by atoms with van der Waals surface area (Å²) < 4.78 is 10.4. The standard InChI is InChI=1S/C13H15N3O4/c1-3-5-9-11(20-15-13(9)14)8-6-4-7-10(16(17)18)12(8)19-2/h4,6-7H,3,5H2,1-2H3,(H2,14,15). The molecule has 2 rings (SSSR count). The van der Waals surface area contributed by atoms with Gasteiger partial charge in [-0.3, -0.25) is 10.1 Å². The number of hydrogen-bond acceptors (Lipinski definition) is 6. The van der Waals surface area contributed by atoms with E-state index in [1.165, 1.54) is 13.2 Å². The van der Waals surface area contributed by atoms with Crippen molar-refractivity contribution in [3.63, 3.8) is 0 Å². The molecule has 0 saturated carbocycles. The number of nitrogens with zero attached hydrogens (tertiary/aromatic N) is 2. The van der Waals surface area contributed by atoms with E-state index < -0.39 is 4.92 Å². The zero-order valence-corrected chi connectivity index (χ0v) is 11.3. The number of nitrogen functional groups attached to an aromatic ring is 1. The Morgan fingerprint density at radius 1 is 1.50 bits per heavy atom. The molecular formula is C13H15N3O4. The van der Waals surface area contributed by atoms with Gasteiger partial charge in [0.25, 0.3) is 0 Å². The molecular weight excluding hydrogens is 262 g/mol. The monoisotopic (exact) mass is 277 g/mol. The van der Waals surface area contributed by atoms with Crippen molar-refractivity contribution in [1.29, 1.82) is 0 Å². The van der Waals surface area contributed by atoms with Crippen LogP contribution in [0, 0.1) is 10.1 Å². The van der Waals surface area contributed by atoms with Crippen molar-refractivity contribution in [2.24, 2.45) is 0 Å². The SMILES string of the molecule is CCCc1c(N)noc1-c1cccc([N+](=O)[O-])c1OC. The average molecular weight is 277 g/mol. The molecule has 0 aliphatic carbocycles. The Kier molecular flexibility index (Phi) is 3.88. The maximum absolute atomic E-state index is 11.0. The van der Waals surface area contributed by atoms with Crippen molar-refractivity contribution in [1.82, 2.24) is 5.16 Å². The van der Waals surface area contributed by atoms with Crippen molar-refractivity contribution in [2.45, 2.75) is 19.8 Å². The van der Waals surface area contributed by atoms with Crippen LogP contribution in [0.2, 0.25) is 0 Å². The van der Waals surface area contributed by atoms with Crippen LogP contribution < -0.4 is 10.5 Å². The second-order valence-electron chi connectivity index (χ2n) is 4.24. The number of nitro groups is 1. The summed E-state index contributed by atoms with van der Waals surface area (Å²) in [7, 11) is 1.38. The average Bonchev–Trinajstić information content (AvgIpc) is 2.79. The lowest BCUT2D eigenvalue weighted by molar-refractivity contribution is -0.385. The number of rotatable bonds is 5. The smallest absolute Gasteiger partial charge is 0.311 e. The summed E-state index contributed by atoms with van der Waals surface area (Å²) >= 11 is 0. The first kappa shape index (κ1) is 13.9. The van der Waals surface area contributed by atoms with Crippen LogP contribution in [0.1, 0.15) is 18.9 Å². The molecule has 1 aromatic carbocycles. The number of methoxy groups -OCH3 is 1. The minimum Gasteiger partial charge on any atom is -0.490 e. The van der Waals surface area contributed by atoms with Gasteiger partial charge < -0.3 is 15.0 Å². The number of nitro benzene ring substituents is 1. The maximum atomic E-state index is 11.0. The molecule has 0 aliphatic heterocycles. The van der Waals surface area contributed by atoms with Crippen LogP contribution in [0.3, 0.4) is 0 Å². The van der Waals surface area contributed by atoms with Gasteiger partial charge in [0.15, 0.2) is 11.6 Å². The molecule has 0 saturated heterocycles. The molecule has 106 valence electrons. The van der Waals surface area contributed by atoms with Crippen molar-refractivity contribution in [3.05, 3.63) is 33.9 Å². The van der Waals surface area contributed by atoms with Crippen LogP contribution in [0.5, 0.6) is 5.75 Å². The summed E-state index contributed by atoms with van der Waals surface area (Å²) in [4.78, 5) is 10.5. The quantitative estimate of drug-likeness (QED) is 0.665. The van der Waals surface area contributed by atoms with Crippen LogP contribution in [0.4, 0.5) is 11.5 Å². The van der Waals surface area contributed by atoms with E-state index >= 15 is 0 Å². The Hall–Kier alpha value is -2.57. The van der Waals surface area contributed by atoms with Gasteiger partial charge in [0.1, 0.15) is 0 Å². The third-order valence-electron chi connectivity index (χ3n) is 2.96. The first-order valence-electron chi connectivity index (χ1n) is 6.15. The van der Waals surface area contributed by atoms with Crippen LogP contribution >= 0.6 is 0 Å². The lowest BCUT2D eigenvalue weighted by Gasteiger charge is -2.07. The molecule has 0 aliphatic rings. The summed E-state index contributed by atoms with van der Waals surface area (Å²) in [6.45, 7) is 2.00. The van der Waals surface area contributed by atoms with E-state index in [9.17, 15) is 10.1 Å². The van der Waals surface area contributed by atoms with Gasteiger partial charge in [-0.2, -0.15) is 0 Å². The topological polar surface area (TPSA) is 104 Å². The number of benzene rings is 1. The predicted octanol–water partition coefficient (Wildman–Crippen LogP) is 2.79. The third kappa shape index (κ3) is 2.29. The molecule has 2 aromatic rings. The fourth-order valence-electron chi connectivity index (χ4n) is 2.09. The molecule has 0 unspecified atom stereocenters. The second kappa shape index (κ2) is 5.60. The molecule has 0 amide bonds. The van der Waals surface area contributed by atoms with Gasteiger partial charge in [0, 0.05) is 11.6 Å². The second-order valence-corrected chi connectivity index (χ2v) is 4.24. The predicted molar refractivity (Wildman–Crippen MR) is 73.6 cm³/mol. The number of nitrogens with two attached hydrogens (primary N) is 1. The van der Waals surface area contributed by atoms with Gasteiger partial charge in [-0.05, 0) is 12.5 Å². The Balaban J connectivity index is 2.64. The highest BCUT2D eigenvalue weighted by Crippen LogP contribution is 2.40. The van der Waals surface area contributed by atoms with Gasteiger partial charge in [-0.15, -0.1) is 0 Å². The summed E-state index contributed by atoms with van der Waals surface area (Å²) in [5, 5.41) is 14.8. The minimum atomic E-state index is -0.498. The number of anilines is 1. The number of para-hydroxylation sites is 1. The van der Waals surface area contributed by atoms with E-state index in [4.69, 9.17) is 15.0 Å². The molecule has 7 heteroatoms. The molecule has 20 heavy (non-hydrogen) atoms. The summed E-state index contributed by atoms with van der Waals surface area (Å²) in [6.07, 6.45) is 1.53. The highest BCUT2D eigenvalue weighted by atomic mass is 16.6. The lowest BCUT2D eigenvalue weighted by Crippen LogP contribution is -1.97. The Morgan fingerprint density at radius 3 is 2.85 bits per heavy atom. The normalized spacial score (nSPS) is 10.5. The van der Waals surface area contributed by atoms with Crippen molar-refractivity contribution >= 4 is 11.5 Å². The van der Waals surface area contributed by atoms with Gasteiger partial charge >= 0.3 is 5.69 Å². The zero-order chi connectivity index (χ0) is 14.7. The van der Waals surface area contributed by atoms with Crippen LogP contribution in [-0.4, -0.2) is 17.2 Å². The zero-order valence-electron chi connectivity index (χ0n) is 11.3. The number of ether oxygens (including phenoxy) is 1.